The summed E-state index contributed by atoms with van der Waals surface area (Å²) in [6.07, 6.45) is 0. The number of benzene rings is 1. The van der Waals surface area contributed by atoms with Crippen molar-refractivity contribution < 1.29 is 9.90 Å². The summed E-state index contributed by atoms with van der Waals surface area (Å²) in [5.74, 6) is -0.516. The summed E-state index contributed by atoms with van der Waals surface area (Å²) in [4.78, 5) is 15.8. The fourth-order valence-corrected chi connectivity index (χ4v) is 1.99. The van der Waals surface area contributed by atoms with Gasteiger partial charge in [0.1, 0.15) is 5.82 Å². The summed E-state index contributed by atoms with van der Waals surface area (Å²) in [5.41, 5.74) is 1.35. The van der Waals surface area contributed by atoms with E-state index < -0.39 is 5.97 Å². The number of halogens is 1. The standard InChI is InChI=1S/C16H17ClN2O2/c1-16(2,3)13-8-10(15(20)21)9-14(19-13)18-12-7-5-4-6-11(12)17/h4-9H,1-3H3,(H,18,19)(H,20,21). The van der Waals surface area contributed by atoms with Gasteiger partial charge < -0.3 is 10.4 Å². The van der Waals surface area contributed by atoms with Crippen molar-refractivity contribution in [3.05, 3.63) is 52.7 Å². The van der Waals surface area contributed by atoms with Crippen LogP contribution in [0.1, 0.15) is 36.8 Å². The van der Waals surface area contributed by atoms with E-state index in [9.17, 15) is 9.90 Å². The van der Waals surface area contributed by atoms with Gasteiger partial charge in [-0.2, -0.15) is 0 Å². The highest BCUT2D eigenvalue weighted by molar-refractivity contribution is 6.33. The normalized spacial score (nSPS) is 11.2. The largest absolute Gasteiger partial charge is 0.478 e. The number of hydrogen-bond acceptors (Lipinski definition) is 3. The van der Waals surface area contributed by atoms with Crippen LogP contribution in [0.4, 0.5) is 11.5 Å². The fourth-order valence-electron chi connectivity index (χ4n) is 1.80. The van der Waals surface area contributed by atoms with Crippen molar-refractivity contribution in [2.45, 2.75) is 26.2 Å². The van der Waals surface area contributed by atoms with E-state index in [1.807, 2.05) is 39.0 Å². The lowest BCUT2D eigenvalue weighted by atomic mass is 9.91. The maximum atomic E-state index is 11.3. The Balaban J connectivity index is 2.46. The van der Waals surface area contributed by atoms with Crippen molar-refractivity contribution in [1.82, 2.24) is 4.98 Å². The van der Waals surface area contributed by atoms with E-state index in [0.29, 0.717) is 22.2 Å². The SMILES string of the molecule is CC(C)(C)c1cc(C(=O)O)cc(Nc2ccccc2Cl)n1. The molecule has 0 bridgehead atoms. The van der Waals surface area contributed by atoms with Gasteiger partial charge >= 0.3 is 5.97 Å². The lowest BCUT2D eigenvalue weighted by molar-refractivity contribution is 0.0696. The molecule has 1 aromatic carbocycles. The summed E-state index contributed by atoms with van der Waals surface area (Å²) >= 11 is 6.10. The predicted octanol–water partition coefficient (Wildman–Crippen LogP) is 4.47. The van der Waals surface area contributed by atoms with E-state index in [-0.39, 0.29) is 11.0 Å². The molecule has 0 spiro atoms. The van der Waals surface area contributed by atoms with Crippen LogP contribution >= 0.6 is 11.6 Å². The molecule has 0 saturated heterocycles. The van der Waals surface area contributed by atoms with Crippen molar-refractivity contribution in [3.63, 3.8) is 0 Å². The minimum Gasteiger partial charge on any atom is -0.478 e. The number of aromatic nitrogens is 1. The number of hydrogen-bond donors (Lipinski definition) is 2. The second-order valence-corrected chi connectivity index (χ2v) is 6.19. The van der Waals surface area contributed by atoms with Gasteiger partial charge in [-0.15, -0.1) is 0 Å². The highest BCUT2D eigenvalue weighted by Gasteiger charge is 2.19. The Morgan fingerprint density at radius 1 is 1.24 bits per heavy atom. The molecule has 1 aromatic heterocycles. The van der Waals surface area contributed by atoms with Gasteiger partial charge in [-0.05, 0) is 24.3 Å². The van der Waals surface area contributed by atoms with E-state index >= 15 is 0 Å². The molecule has 0 fully saturated rings. The van der Waals surface area contributed by atoms with Gasteiger partial charge in [0.25, 0.3) is 0 Å². The smallest absolute Gasteiger partial charge is 0.335 e. The van der Waals surface area contributed by atoms with Crippen LogP contribution in [0.5, 0.6) is 0 Å². The molecule has 0 amide bonds. The molecule has 4 nitrogen and oxygen atoms in total. The van der Waals surface area contributed by atoms with Crippen molar-refractivity contribution in [1.29, 1.82) is 0 Å². The zero-order valence-electron chi connectivity index (χ0n) is 12.1. The quantitative estimate of drug-likeness (QED) is 0.878. The van der Waals surface area contributed by atoms with E-state index in [4.69, 9.17) is 11.6 Å². The van der Waals surface area contributed by atoms with Gasteiger partial charge in [-0.25, -0.2) is 9.78 Å². The molecule has 0 radical (unpaired) electrons. The maximum absolute atomic E-state index is 11.3. The average molecular weight is 305 g/mol. The van der Waals surface area contributed by atoms with E-state index in [1.54, 1.807) is 12.1 Å². The highest BCUT2D eigenvalue weighted by atomic mass is 35.5. The topological polar surface area (TPSA) is 62.2 Å². The molecule has 2 N–H and O–H groups in total. The Hall–Kier alpha value is -2.07. The van der Waals surface area contributed by atoms with Crippen molar-refractivity contribution in [3.8, 4) is 0 Å². The minimum absolute atomic E-state index is 0.199. The Labute approximate surface area is 128 Å². The van der Waals surface area contributed by atoms with Crippen molar-refractivity contribution >= 4 is 29.1 Å². The number of pyridine rings is 1. The summed E-state index contributed by atoms with van der Waals surface area (Å²) in [7, 11) is 0. The first-order valence-corrected chi connectivity index (χ1v) is 6.92. The molecule has 0 aliphatic heterocycles. The molecule has 21 heavy (non-hydrogen) atoms. The van der Waals surface area contributed by atoms with E-state index in [0.717, 1.165) is 0 Å². The Kier molecular flexibility index (Phi) is 4.19. The summed E-state index contributed by atoms with van der Waals surface area (Å²) in [6, 6.07) is 10.3. The third-order valence-electron chi connectivity index (χ3n) is 2.98. The number of carboxylic acid groups (broad SMARTS) is 1. The number of anilines is 2. The van der Waals surface area contributed by atoms with Gasteiger partial charge in [-0.1, -0.05) is 44.5 Å². The maximum Gasteiger partial charge on any atom is 0.335 e. The molecule has 0 unspecified atom stereocenters. The molecule has 0 atom stereocenters. The third kappa shape index (κ3) is 3.73. The molecule has 2 aromatic rings. The van der Waals surface area contributed by atoms with E-state index in [1.165, 1.54) is 6.07 Å². The van der Waals surface area contributed by atoms with Crippen LogP contribution in [0.2, 0.25) is 5.02 Å². The molecule has 2 rings (SSSR count). The third-order valence-corrected chi connectivity index (χ3v) is 3.31. The highest BCUT2D eigenvalue weighted by Crippen LogP contribution is 2.27. The van der Waals surface area contributed by atoms with Gasteiger partial charge in [0.2, 0.25) is 0 Å². The summed E-state index contributed by atoms with van der Waals surface area (Å²) in [5, 5.41) is 12.9. The van der Waals surface area contributed by atoms with Crippen LogP contribution in [0.25, 0.3) is 0 Å². The second-order valence-electron chi connectivity index (χ2n) is 5.79. The van der Waals surface area contributed by atoms with E-state index in [2.05, 4.69) is 10.3 Å². The number of carboxylic acids is 1. The summed E-state index contributed by atoms with van der Waals surface area (Å²) < 4.78 is 0. The summed E-state index contributed by atoms with van der Waals surface area (Å²) in [6.45, 7) is 5.96. The zero-order chi connectivity index (χ0) is 15.6. The lowest BCUT2D eigenvalue weighted by Crippen LogP contribution is -2.16. The van der Waals surface area contributed by atoms with Crippen LogP contribution in [0.15, 0.2) is 36.4 Å². The average Bonchev–Trinajstić information content (AvgIpc) is 2.40. The number of nitrogens with zero attached hydrogens (tertiary/aromatic N) is 1. The van der Waals surface area contributed by atoms with Gasteiger partial charge in [0.15, 0.2) is 0 Å². The predicted molar refractivity (Wildman–Crippen MR) is 84.6 cm³/mol. The second kappa shape index (κ2) is 5.74. The van der Waals surface area contributed by atoms with Crippen LogP contribution in [0.3, 0.4) is 0 Å². The lowest BCUT2D eigenvalue weighted by Gasteiger charge is -2.19. The van der Waals surface area contributed by atoms with Gasteiger partial charge in [-0.3, -0.25) is 0 Å². The molecular formula is C16H17ClN2O2. The molecule has 0 aliphatic carbocycles. The van der Waals surface area contributed by atoms with Crippen LogP contribution < -0.4 is 5.32 Å². The van der Waals surface area contributed by atoms with Gasteiger partial charge in [0.05, 0.1) is 16.3 Å². The van der Waals surface area contributed by atoms with Crippen LogP contribution in [0, 0.1) is 0 Å². The molecule has 0 aliphatic rings. The van der Waals surface area contributed by atoms with Gasteiger partial charge in [0, 0.05) is 11.1 Å². The number of aromatic carboxylic acids is 1. The number of nitrogens with one attached hydrogen (secondary N) is 1. The molecule has 1 heterocycles. The molecular weight excluding hydrogens is 288 g/mol. The fraction of sp³-hybridized carbons (Fsp3) is 0.250. The first kappa shape index (κ1) is 15.3. The monoisotopic (exact) mass is 304 g/mol. The molecule has 5 heteroatoms. The number of para-hydroxylation sites is 1. The minimum atomic E-state index is -0.981. The Bertz CT molecular complexity index is 678. The van der Waals surface area contributed by atoms with Crippen LogP contribution in [-0.4, -0.2) is 16.1 Å². The number of carbonyl (C=O) groups is 1. The molecule has 110 valence electrons. The Morgan fingerprint density at radius 2 is 1.90 bits per heavy atom. The van der Waals surface area contributed by atoms with Crippen molar-refractivity contribution in [2.24, 2.45) is 0 Å². The van der Waals surface area contributed by atoms with Crippen molar-refractivity contribution in [2.75, 3.05) is 5.32 Å². The number of rotatable bonds is 3. The van der Waals surface area contributed by atoms with Crippen LogP contribution in [-0.2, 0) is 5.41 Å². The molecule has 0 saturated carbocycles. The first-order valence-electron chi connectivity index (χ1n) is 6.55. The zero-order valence-corrected chi connectivity index (χ0v) is 12.9. The Morgan fingerprint density at radius 3 is 2.48 bits per heavy atom. The first-order chi connectivity index (χ1) is 9.77.